The fourth-order valence-electron chi connectivity index (χ4n) is 3.95. The van der Waals surface area contributed by atoms with Crippen molar-refractivity contribution in [2.24, 2.45) is 13.0 Å². The fraction of sp³-hybridized carbons (Fsp3) is 0.526. The molecule has 0 unspecified atom stereocenters. The van der Waals surface area contributed by atoms with Crippen LogP contribution in [-0.2, 0) is 11.8 Å². The second-order valence-corrected chi connectivity index (χ2v) is 7.26. The summed E-state index contributed by atoms with van der Waals surface area (Å²) in [6.45, 7) is 3.66. The third-order valence-electron chi connectivity index (χ3n) is 5.42. The monoisotopic (exact) mass is 426 g/mol. The molecule has 2 aliphatic heterocycles. The number of carbonyl (C=O) groups excluding carboxylic acids is 1. The number of pyridine rings is 1. The Morgan fingerprint density at radius 2 is 1.93 bits per heavy atom. The molecule has 2 atom stereocenters. The molecule has 7 nitrogen and oxygen atoms in total. The van der Waals surface area contributed by atoms with Crippen molar-refractivity contribution in [1.82, 2.24) is 20.1 Å². The summed E-state index contributed by atoms with van der Waals surface area (Å²) >= 11 is 0. The third kappa shape index (κ3) is 4.96. The predicted molar refractivity (Wildman–Crippen MR) is 116 cm³/mol. The van der Waals surface area contributed by atoms with Gasteiger partial charge in [0.05, 0.1) is 24.0 Å². The molecule has 9 heteroatoms. The molecule has 2 fully saturated rings. The highest BCUT2D eigenvalue weighted by atomic mass is 35.5. The van der Waals surface area contributed by atoms with E-state index in [1.165, 1.54) is 19.3 Å². The van der Waals surface area contributed by atoms with Crippen LogP contribution in [0.3, 0.4) is 0 Å². The smallest absolute Gasteiger partial charge is 0.230 e. The molecule has 0 spiro atoms. The van der Waals surface area contributed by atoms with Crippen LogP contribution in [-0.4, -0.2) is 46.9 Å². The van der Waals surface area contributed by atoms with Crippen LogP contribution in [0.25, 0.3) is 0 Å². The van der Waals surface area contributed by atoms with Crippen LogP contribution in [0, 0.1) is 5.92 Å². The SMILES string of the molecule is Cl.Cl.Cn1cc([C@H]2CNC[C@@H]2C(=O)Nc2ccc(N3CCCCC3)cn2)cn1. The van der Waals surface area contributed by atoms with Gasteiger partial charge < -0.3 is 15.5 Å². The number of halogens is 2. The van der Waals surface area contributed by atoms with E-state index < -0.39 is 0 Å². The number of anilines is 2. The topological polar surface area (TPSA) is 75.1 Å². The quantitative estimate of drug-likeness (QED) is 0.785. The first-order valence-electron chi connectivity index (χ1n) is 9.42. The van der Waals surface area contributed by atoms with Gasteiger partial charge in [0.2, 0.25) is 5.91 Å². The van der Waals surface area contributed by atoms with Crippen molar-refractivity contribution in [3.05, 3.63) is 36.3 Å². The highest BCUT2D eigenvalue weighted by Crippen LogP contribution is 2.29. The average molecular weight is 427 g/mol. The second-order valence-electron chi connectivity index (χ2n) is 7.26. The van der Waals surface area contributed by atoms with Crippen LogP contribution in [0.15, 0.2) is 30.7 Å². The van der Waals surface area contributed by atoms with Crippen molar-refractivity contribution in [2.75, 3.05) is 36.4 Å². The van der Waals surface area contributed by atoms with Gasteiger partial charge in [-0.25, -0.2) is 4.98 Å². The van der Waals surface area contributed by atoms with Crippen molar-refractivity contribution in [3.8, 4) is 0 Å². The molecule has 2 aromatic rings. The van der Waals surface area contributed by atoms with E-state index in [9.17, 15) is 4.79 Å². The summed E-state index contributed by atoms with van der Waals surface area (Å²) in [6.07, 6.45) is 9.50. The first kappa shape index (κ1) is 22.5. The maximum absolute atomic E-state index is 12.8. The van der Waals surface area contributed by atoms with Crippen molar-refractivity contribution in [3.63, 3.8) is 0 Å². The molecule has 28 heavy (non-hydrogen) atoms. The highest BCUT2D eigenvalue weighted by Gasteiger charge is 2.34. The molecule has 4 rings (SSSR count). The summed E-state index contributed by atoms with van der Waals surface area (Å²) in [5.41, 5.74) is 2.24. The van der Waals surface area contributed by atoms with E-state index in [4.69, 9.17) is 0 Å². The summed E-state index contributed by atoms with van der Waals surface area (Å²) in [5, 5.41) is 10.5. The second kappa shape index (κ2) is 10.1. The number of aryl methyl sites for hydroxylation is 1. The Balaban J connectivity index is 0.00000140. The molecule has 0 bridgehead atoms. The zero-order valence-electron chi connectivity index (χ0n) is 16.0. The Morgan fingerprint density at radius 3 is 2.57 bits per heavy atom. The lowest BCUT2D eigenvalue weighted by molar-refractivity contribution is -0.119. The Morgan fingerprint density at radius 1 is 1.14 bits per heavy atom. The third-order valence-corrected chi connectivity index (χ3v) is 5.42. The first-order valence-corrected chi connectivity index (χ1v) is 9.42. The van der Waals surface area contributed by atoms with Crippen molar-refractivity contribution >= 4 is 42.2 Å². The zero-order valence-corrected chi connectivity index (χ0v) is 17.6. The van der Waals surface area contributed by atoms with Gasteiger partial charge in [0.25, 0.3) is 0 Å². The number of hydrogen-bond acceptors (Lipinski definition) is 5. The lowest BCUT2D eigenvalue weighted by atomic mass is 9.90. The molecule has 0 aliphatic carbocycles. The Kier molecular flexibility index (Phi) is 8.10. The van der Waals surface area contributed by atoms with E-state index in [1.54, 1.807) is 4.68 Å². The van der Waals surface area contributed by atoms with E-state index >= 15 is 0 Å². The van der Waals surface area contributed by atoms with Gasteiger partial charge >= 0.3 is 0 Å². The van der Waals surface area contributed by atoms with Gasteiger partial charge in [-0.15, -0.1) is 24.8 Å². The molecule has 0 saturated carbocycles. The standard InChI is InChI=1S/C19H26N6O.2ClH/c1-24-13-14(9-22-24)16-11-20-12-17(16)19(26)23-18-6-5-15(10-21-18)25-7-3-2-4-8-25;;/h5-6,9-10,13,16-17,20H,2-4,7-8,11-12H2,1H3,(H,21,23,26);2*1H/t16-,17+;;/m1../s1. The van der Waals surface area contributed by atoms with Gasteiger partial charge in [-0.05, 0) is 37.0 Å². The van der Waals surface area contributed by atoms with Crippen molar-refractivity contribution < 1.29 is 4.79 Å². The maximum Gasteiger partial charge on any atom is 0.230 e. The molecule has 1 amide bonds. The van der Waals surface area contributed by atoms with E-state index in [1.807, 2.05) is 31.7 Å². The van der Waals surface area contributed by atoms with Crippen LogP contribution in [0.5, 0.6) is 0 Å². The zero-order chi connectivity index (χ0) is 17.9. The van der Waals surface area contributed by atoms with E-state index in [0.717, 1.165) is 30.9 Å². The summed E-state index contributed by atoms with van der Waals surface area (Å²) in [5.74, 6) is 0.675. The van der Waals surface area contributed by atoms with Crippen LogP contribution in [0.4, 0.5) is 11.5 Å². The largest absolute Gasteiger partial charge is 0.370 e. The number of aromatic nitrogens is 3. The molecule has 4 heterocycles. The highest BCUT2D eigenvalue weighted by molar-refractivity contribution is 5.93. The predicted octanol–water partition coefficient (Wildman–Crippen LogP) is 2.59. The maximum atomic E-state index is 12.8. The number of nitrogens with zero attached hydrogens (tertiary/aromatic N) is 4. The average Bonchev–Trinajstić information content (AvgIpc) is 3.32. The van der Waals surface area contributed by atoms with Gasteiger partial charge in [-0.1, -0.05) is 0 Å². The summed E-state index contributed by atoms with van der Waals surface area (Å²) in [4.78, 5) is 19.6. The van der Waals surface area contributed by atoms with E-state index in [-0.39, 0.29) is 42.6 Å². The summed E-state index contributed by atoms with van der Waals surface area (Å²) < 4.78 is 1.78. The molecule has 2 saturated heterocycles. The number of amides is 1. The number of piperidine rings is 1. The molecule has 0 aromatic carbocycles. The van der Waals surface area contributed by atoms with Gasteiger partial charge in [-0.2, -0.15) is 5.10 Å². The number of carbonyl (C=O) groups is 1. The number of hydrogen-bond donors (Lipinski definition) is 2. The molecular weight excluding hydrogens is 399 g/mol. The first-order chi connectivity index (χ1) is 12.7. The van der Waals surface area contributed by atoms with Gasteiger partial charge in [-0.3, -0.25) is 9.48 Å². The summed E-state index contributed by atoms with van der Waals surface area (Å²) in [6, 6.07) is 3.96. The molecule has 2 aromatic heterocycles. The van der Waals surface area contributed by atoms with Crippen LogP contribution in [0.2, 0.25) is 0 Å². The molecule has 154 valence electrons. The van der Waals surface area contributed by atoms with Crippen LogP contribution < -0.4 is 15.5 Å². The van der Waals surface area contributed by atoms with Crippen LogP contribution in [0.1, 0.15) is 30.7 Å². The van der Waals surface area contributed by atoms with Crippen molar-refractivity contribution in [1.29, 1.82) is 0 Å². The Hall–Kier alpha value is -1.83. The summed E-state index contributed by atoms with van der Waals surface area (Å²) in [7, 11) is 1.90. The lowest BCUT2D eigenvalue weighted by Gasteiger charge is -2.28. The van der Waals surface area contributed by atoms with Gasteiger partial charge in [0, 0.05) is 45.3 Å². The molecule has 2 N–H and O–H groups in total. The molecular formula is C19H28Cl2N6O. The number of nitrogens with one attached hydrogen (secondary N) is 2. The Labute approximate surface area is 178 Å². The van der Waals surface area contributed by atoms with Crippen LogP contribution >= 0.6 is 24.8 Å². The fourth-order valence-corrected chi connectivity index (χ4v) is 3.95. The minimum absolute atomic E-state index is 0. The minimum Gasteiger partial charge on any atom is -0.370 e. The normalized spacial score (nSPS) is 21.5. The minimum atomic E-state index is -0.109. The molecule has 2 aliphatic rings. The van der Waals surface area contributed by atoms with Gasteiger partial charge in [0.15, 0.2) is 0 Å². The van der Waals surface area contributed by atoms with E-state index in [0.29, 0.717) is 12.4 Å². The lowest BCUT2D eigenvalue weighted by Crippen LogP contribution is -2.30. The van der Waals surface area contributed by atoms with E-state index in [2.05, 4.69) is 31.7 Å². The number of rotatable bonds is 4. The molecule has 0 radical (unpaired) electrons. The van der Waals surface area contributed by atoms with Gasteiger partial charge in [0.1, 0.15) is 5.82 Å². The Bertz CT molecular complexity index is 760. The van der Waals surface area contributed by atoms with Crippen molar-refractivity contribution in [2.45, 2.75) is 25.2 Å².